The maximum absolute atomic E-state index is 12.8. The maximum atomic E-state index is 12.8. The third-order valence-corrected chi connectivity index (χ3v) is 4.89. The first-order chi connectivity index (χ1) is 11.6. The third-order valence-electron chi connectivity index (χ3n) is 4.89. The fourth-order valence-corrected chi connectivity index (χ4v) is 3.01. The third kappa shape index (κ3) is 3.16. The fraction of sp³-hybridized carbons (Fsp3) is 0.174. The van der Waals surface area contributed by atoms with Crippen LogP contribution in [0.25, 0.3) is 17.2 Å². The molecule has 0 saturated heterocycles. The van der Waals surface area contributed by atoms with Gasteiger partial charge in [-0.05, 0) is 35.6 Å². The van der Waals surface area contributed by atoms with E-state index in [0.717, 1.165) is 16.7 Å². The van der Waals surface area contributed by atoms with Gasteiger partial charge >= 0.3 is 0 Å². The van der Waals surface area contributed by atoms with Gasteiger partial charge in [-0.25, -0.2) is 0 Å². The normalized spacial score (nSPS) is 22.8. The molecular weight excluding hydrogens is 292 g/mol. The molecule has 0 aliphatic heterocycles. The summed E-state index contributed by atoms with van der Waals surface area (Å²) >= 11 is 0. The minimum absolute atomic E-state index is 0.137. The molecule has 3 rings (SSSR count). The molecule has 120 valence electrons. The first-order valence-corrected chi connectivity index (χ1v) is 8.34. The number of rotatable bonds is 4. The van der Waals surface area contributed by atoms with Gasteiger partial charge in [0.05, 0.1) is 5.41 Å². The van der Waals surface area contributed by atoms with Gasteiger partial charge in [-0.1, -0.05) is 91.9 Å². The number of carbonyl (C=O) groups is 1. The summed E-state index contributed by atoms with van der Waals surface area (Å²) in [6.45, 7) is 4.09. The highest BCUT2D eigenvalue weighted by Crippen LogP contribution is 2.34. The lowest BCUT2D eigenvalue weighted by atomic mass is 9.72. The SMILES string of the molecule is CC1C=CC=CC1(C)C(=O)C=Cc1ccccc1-c1ccccc1. The molecule has 2 atom stereocenters. The van der Waals surface area contributed by atoms with E-state index in [1.165, 1.54) is 0 Å². The fourth-order valence-electron chi connectivity index (χ4n) is 3.01. The van der Waals surface area contributed by atoms with Crippen molar-refractivity contribution in [1.82, 2.24) is 0 Å². The average Bonchev–Trinajstić information content (AvgIpc) is 2.63. The Kier molecular flexibility index (Phi) is 4.61. The van der Waals surface area contributed by atoms with Crippen molar-refractivity contribution >= 4 is 11.9 Å². The van der Waals surface area contributed by atoms with Gasteiger partial charge in [0.15, 0.2) is 5.78 Å². The second kappa shape index (κ2) is 6.84. The minimum Gasteiger partial charge on any atom is -0.294 e. The Bertz CT molecular complexity index is 811. The van der Waals surface area contributed by atoms with Crippen molar-refractivity contribution in [3.8, 4) is 11.1 Å². The predicted octanol–water partition coefficient (Wildman–Crippen LogP) is 5.70. The van der Waals surface area contributed by atoms with E-state index in [2.05, 4.69) is 37.3 Å². The first-order valence-electron chi connectivity index (χ1n) is 8.34. The Morgan fingerprint density at radius 3 is 2.46 bits per heavy atom. The van der Waals surface area contributed by atoms with Crippen LogP contribution in [0.4, 0.5) is 0 Å². The topological polar surface area (TPSA) is 17.1 Å². The summed E-state index contributed by atoms with van der Waals surface area (Å²) in [4.78, 5) is 12.8. The van der Waals surface area contributed by atoms with Crippen LogP contribution >= 0.6 is 0 Å². The molecule has 1 aliphatic rings. The smallest absolute Gasteiger partial charge is 0.165 e. The largest absolute Gasteiger partial charge is 0.294 e. The van der Waals surface area contributed by atoms with E-state index in [1.54, 1.807) is 6.08 Å². The Hall–Kier alpha value is -2.67. The Labute approximate surface area is 144 Å². The van der Waals surface area contributed by atoms with Gasteiger partial charge in [-0.3, -0.25) is 4.79 Å². The lowest BCUT2D eigenvalue weighted by Gasteiger charge is -2.30. The zero-order valence-electron chi connectivity index (χ0n) is 14.1. The number of allylic oxidation sites excluding steroid dienone is 5. The molecule has 0 radical (unpaired) electrons. The van der Waals surface area contributed by atoms with Crippen LogP contribution in [0.2, 0.25) is 0 Å². The predicted molar refractivity (Wildman–Crippen MR) is 101 cm³/mol. The lowest BCUT2D eigenvalue weighted by molar-refractivity contribution is -0.122. The van der Waals surface area contributed by atoms with Crippen molar-refractivity contribution in [2.75, 3.05) is 0 Å². The van der Waals surface area contributed by atoms with Gasteiger partial charge in [0.2, 0.25) is 0 Å². The van der Waals surface area contributed by atoms with Crippen LogP contribution in [0.5, 0.6) is 0 Å². The number of benzene rings is 2. The summed E-state index contributed by atoms with van der Waals surface area (Å²) < 4.78 is 0. The minimum atomic E-state index is -0.465. The molecule has 0 heterocycles. The van der Waals surface area contributed by atoms with E-state index < -0.39 is 5.41 Å². The molecule has 0 aromatic heterocycles. The molecule has 0 saturated carbocycles. The summed E-state index contributed by atoms with van der Waals surface area (Å²) in [5.74, 6) is 0.336. The van der Waals surface area contributed by atoms with E-state index in [1.807, 2.05) is 61.6 Å². The number of hydrogen-bond donors (Lipinski definition) is 0. The van der Waals surface area contributed by atoms with Crippen LogP contribution in [0.3, 0.4) is 0 Å². The highest BCUT2D eigenvalue weighted by Gasteiger charge is 2.34. The number of ketones is 1. The number of hydrogen-bond acceptors (Lipinski definition) is 1. The standard InChI is InChI=1S/C23H22O/c1-18-10-8-9-17-23(18,2)22(24)16-15-20-13-6-7-14-21(20)19-11-4-3-5-12-19/h3-18H,1-2H3. The molecule has 0 bridgehead atoms. The molecule has 0 fully saturated rings. The van der Waals surface area contributed by atoms with Crippen molar-refractivity contribution in [2.24, 2.45) is 11.3 Å². The highest BCUT2D eigenvalue weighted by molar-refractivity contribution is 6.00. The lowest BCUT2D eigenvalue weighted by Crippen LogP contribution is -2.31. The van der Waals surface area contributed by atoms with Crippen LogP contribution < -0.4 is 0 Å². The Morgan fingerprint density at radius 1 is 1.00 bits per heavy atom. The zero-order valence-corrected chi connectivity index (χ0v) is 14.1. The molecule has 1 aliphatic carbocycles. The van der Waals surface area contributed by atoms with E-state index >= 15 is 0 Å². The summed E-state index contributed by atoms with van der Waals surface area (Å²) in [7, 11) is 0. The first kappa shape index (κ1) is 16.2. The quantitative estimate of drug-likeness (QED) is 0.661. The summed E-state index contributed by atoms with van der Waals surface area (Å²) in [6, 6.07) is 18.4. The average molecular weight is 314 g/mol. The molecule has 2 aromatic rings. The highest BCUT2D eigenvalue weighted by atomic mass is 16.1. The second-order valence-electron chi connectivity index (χ2n) is 6.47. The van der Waals surface area contributed by atoms with Crippen molar-refractivity contribution in [2.45, 2.75) is 13.8 Å². The summed E-state index contributed by atoms with van der Waals surface area (Å²) in [6.07, 6.45) is 11.7. The van der Waals surface area contributed by atoms with Gasteiger partial charge < -0.3 is 0 Å². The molecule has 0 spiro atoms. The van der Waals surface area contributed by atoms with Crippen molar-refractivity contribution in [1.29, 1.82) is 0 Å². The number of carbonyl (C=O) groups excluding carboxylic acids is 1. The molecule has 0 amide bonds. The van der Waals surface area contributed by atoms with Gasteiger partial charge in [-0.15, -0.1) is 0 Å². The van der Waals surface area contributed by atoms with E-state index in [4.69, 9.17) is 0 Å². The van der Waals surface area contributed by atoms with Gasteiger partial charge in [0.25, 0.3) is 0 Å². The molecule has 1 heteroatoms. The van der Waals surface area contributed by atoms with E-state index in [9.17, 15) is 4.79 Å². The monoisotopic (exact) mass is 314 g/mol. The van der Waals surface area contributed by atoms with Gasteiger partial charge in [0.1, 0.15) is 0 Å². The summed E-state index contributed by atoms with van der Waals surface area (Å²) in [5.41, 5.74) is 2.89. The van der Waals surface area contributed by atoms with Gasteiger partial charge in [-0.2, -0.15) is 0 Å². The van der Waals surface area contributed by atoms with Crippen LogP contribution in [-0.4, -0.2) is 5.78 Å². The molecule has 1 nitrogen and oxygen atoms in total. The van der Waals surface area contributed by atoms with Crippen molar-refractivity contribution in [3.05, 3.63) is 90.5 Å². The van der Waals surface area contributed by atoms with Crippen LogP contribution in [0.1, 0.15) is 19.4 Å². The summed E-state index contributed by atoms with van der Waals surface area (Å²) in [5, 5.41) is 0. The Morgan fingerprint density at radius 2 is 1.71 bits per heavy atom. The zero-order chi connectivity index (χ0) is 17.0. The van der Waals surface area contributed by atoms with Crippen LogP contribution in [0, 0.1) is 11.3 Å². The molecular formula is C23H22O. The van der Waals surface area contributed by atoms with Gasteiger partial charge in [0, 0.05) is 0 Å². The van der Waals surface area contributed by atoms with Crippen LogP contribution in [-0.2, 0) is 4.79 Å². The van der Waals surface area contributed by atoms with E-state index in [0.29, 0.717) is 0 Å². The molecule has 2 unspecified atom stereocenters. The maximum Gasteiger partial charge on any atom is 0.165 e. The molecule has 2 aromatic carbocycles. The van der Waals surface area contributed by atoms with Crippen molar-refractivity contribution < 1.29 is 4.79 Å². The second-order valence-corrected chi connectivity index (χ2v) is 6.47. The van der Waals surface area contributed by atoms with E-state index in [-0.39, 0.29) is 11.7 Å². The molecule has 0 N–H and O–H groups in total. The van der Waals surface area contributed by atoms with Crippen LogP contribution in [0.15, 0.2) is 85.0 Å². The molecule has 24 heavy (non-hydrogen) atoms. The Balaban J connectivity index is 1.89. The van der Waals surface area contributed by atoms with Crippen molar-refractivity contribution in [3.63, 3.8) is 0 Å².